The Morgan fingerprint density at radius 3 is 2.00 bits per heavy atom. The zero-order valence-corrected chi connectivity index (χ0v) is 7.70. The second-order valence-electron chi connectivity index (χ2n) is 3.22. The molecule has 1 aliphatic rings. The Morgan fingerprint density at radius 1 is 1.08 bits per heavy atom. The average molecular weight is 201 g/mol. The first-order chi connectivity index (χ1) is 5.22. The van der Waals surface area contributed by atoms with Gasteiger partial charge in [-0.15, -0.1) is 12.4 Å². The molecule has 1 fully saturated rings. The molecule has 1 N–H and O–H groups in total. The second-order valence-corrected chi connectivity index (χ2v) is 3.22. The van der Waals surface area contributed by atoms with Crippen molar-refractivity contribution < 1.29 is 13.9 Å². The van der Waals surface area contributed by atoms with E-state index in [-0.39, 0.29) is 18.3 Å². The Hall–Kier alpha value is 0.110. The molecule has 0 aliphatic heterocycles. The molecule has 0 spiro atoms. The van der Waals surface area contributed by atoms with Crippen molar-refractivity contribution in [1.29, 1.82) is 0 Å². The van der Waals surface area contributed by atoms with Gasteiger partial charge in [0.2, 0.25) is 0 Å². The van der Waals surface area contributed by atoms with Crippen LogP contribution < -0.4 is 0 Å². The Bertz CT molecular complexity index is 116. The van der Waals surface area contributed by atoms with Crippen molar-refractivity contribution >= 4 is 12.4 Å². The van der Waals surface area contributed by atoms with Crippen molar-refractivity contribution in [2.24, 2.45) is 5.92 Å². The minimum absolute atomic E-state index is 0. The van der Waals surface area contributed by atoms with Crippen molar-refractivity contribution in [3.63, 3.8) is 0 Å². The Kier molecular flexibility index (Phi) is 5.76. The minimum Gasteiger partial charge on any atom is -0.387 e. The third-order valence-electron chi connectivity index (χ3n) is 2.39. The molecule has 74 valence electrons. The summed E-state index contributed by atoms with van der Waals surface area (Å²) >= 11 is 0. The highest BCUT2D eigenvalue weighted by atomic mass is 35.5. The fourth-order valence-electron chi connectivity index (χ4n) is 1.68. The third-order valence-corrected chi connectivity index (χ3v) is 2.39. The van der Waals surface area contributed by atoms with Crippen molar-refractivity contribution in [1.82, 2.24) is 0 Å². The molecule has 1 unspecified atom stereocenters. The summed E-state index contributed by atoms with van der Waals surface area (Å²) in [5, 5.41) is 9.00. The van der Waals surface area contributed by atoms with Gasteiger partial charge < -0.3 is 5.11 Å². The van der Waals surface area contributed by atoms with Crippen molar-refractivity contribution in [3.05, 3.63) is 0 Å². The molecule has 1 aliphatic carbocycles. The summed E-state index contributed by atoms with van der Waals surface area (Å²) in [5.74, 6) is -0.149. The van der Waals surface area contributed by atoms with Gasteiger partial charge in [-0.3, -0.25) is 0 Å². The number of aliphatic hydroxyl groups excluding tert-OH is 1. The molecular weight excluding hydrogens is 186 g/mol. The third kappa shape index (κ3) is 3.23. The summed E-state index contributed by atoms with van der Waals surface area (Å²) in [7, 11) is 0. The molecule has 12 heavy (non-hydrogen) atoms. The number of alkyl halides is 2. The van der Waals surface area contributed by atoms with Gasteiger partial charge in [0.05, 0.1) is 0 Å². The highest BCUT2D eigenvalue weighted by Crippen LogP contribution is 2.28. The first-order valence-electron chi connectivity index (χ1n) is 4.18. The molecule has 0 aromatic carbocycles. The number of rotatable bonds is 2. The molecule has 1 nitrogen and oxygen atoms in total. The van der Waals surface area contributed by atoms with Crippen LogP contribution in [0.3, 0.4) is 0 Å². The Labute approximate surface area is 77.6 Å². The molecule has 4 heteroatoms. The quantitative estimate of drug-likeness (QED) is 0.727. The summed E-state index contributed by atoms with van der Waals surface area (Å²) in [6.45, 7) is 0. The van der Waals surface area contributed by atoms with Gasteiger partial charge in [-0.1, -0.05) is 19.3 Å². The highest BCUT2D eigenvalue weighted by molar-refractivity contribution is 5.85. The van der Waals surface area contributed by atoms with E-state index >= 15 is 0 Å². The molecule has 0 heterocycles. The standard InChI is InChI=1S/C8H14F2O.ClH/c9-8(10)7(11)6-4-2-1-3-5-6;/h6-8,11H,1-5H2;1H. The zero-order chi connectivity index (χ0) is 8.27. The van der Waals surface area contributed by atoms with Crippen molar-refractivity contribution in [2.45, 2.75) is 44.6 Å². The van der Waals surface area contributed by atoms with Crippen LogP contribution in [0.15, 0.2) is 0 Å². The summed E-state index contributed by atoms with van der Waals surface area (Å²) in [5.41, 5.74) is 0. The van der Waals surface area contributed by atoms with Crippen LogP contribution in [0.5, 0.6) is 0 Å². The largest absolute Gasteiger partial charge is 0.387 e. The van der Waals surface area contributed by atoms with Gasteiger partial charge in [-0.25, -0.2) is 8.78 Å². The zero-order valence-electron chi connectivity index (χ0n) is 6.88. The van der Waals surface area contributed by atoms with Crippen LogP contribution >= 0.6 is 12.4 Å². The fraction of sp³-hybridized carbons (Fsp3) is 1.00. The highest BCUT2D eigenvalue weighted by Gasteiger charge is 2.28. The lowest BCUT2D eigenvalue weighted by molar-refractivity contribution is -0.0471. The maximum Gasteiger partial charge on any atom is 0.264 e. The Balaban J connectivity index is 0.00000121. The number of hydrogen-bond donors (Lipinski definition) is 1. The monoisotopic (exact) mass is 200 g/mol. The predicted octanol–water partition coefficient (Wildman–Crippen LogP) is 2.61. The fourth-order valence-corrected chi connectivity index (χ4v) is 1.68. The Morgan fingerprint density at radius 2 is 1.58 bits per heavy atom. The maximum atomic E-state index is 12.0. The van der Waals surface area contributed by atoms with Gasteiger partial charge in [-0.05, 0) is 18.8 Å². The number of aliphatic hydroxyl groups is 1. The van der Waals surface area contributed by atoms with Crippen LogP contribution in [0.2, 0.25) is 0 Å². The number of hydrogen-bond acceptors (Lipinski definition) is 1. The van der Waals surface area contributed by atoms with Crippen LogP contribution in [0.4, 0.5) is 8.78 Å². The van der Waals surface area contributed by atoms with Crippen LogP contribution in [-0.4, -0.2) is 17.6 Å². The van der Waals surface area contributed by atoms with Gasteiger partial charge in [0.25, 0.3) is 6.43 Å². The molecule has 0 aromatic heterocycles. The van der Waals surface area contributed by atoms with Crippen LogP contribution in [-0.2, 0) is 0 Å². The van der Waals surface area contributed by atoms with E-state index in [0.29, 0.717) is 0 Å². The van der Waals surface area contributed by atoms with Gasteiger partial charge >= 0.3 is 0 Å². The SMILES string of the molecule is Cl.OC(C(F)F)C1CCCCC1. The van der Waals surface area contributed by atoms with Gasteiger partial charge in [0.1, 0.15) is 6.10 Å². The maximum absolute atomic E-state index is 12.0. The first-order valence-corrected chi connectivity index (χ1v) is 4.18. The second kappa shape index (κ2) is 5.70. The van der Waals surface area contributed by atoms with E-state index in [9.17, 15) is 8.78 Å². The summed E-state index contributed by atoms with van der Waals surface area (Å²) in [6.07, 6.45) is 0.722. The topological polar surface area (TPSA) is 20.2 Å². The lowest BCUT2D eigenvalue weighted by Gasteiger charge is -2.25. The van der Waals surface area contributed by atoms with E-state index in [0.717, 1.165) is 32.1 Å². The molecule has 0 aromatic rings. The molecule has 0 saturated heterocycles. The van der Waals surface area contributed by atoms with E-state index < -0.39 is 12.5 Å². The van der Waals surface area contributed by atoms with E-state index in [2.05, 4.69) is 0 Å². The lowest BCUT2D eigenvalue weighted by Crippen LogP contribution is -2.29. The van der Waals surface area contributed by atoms with E-state index in [4.69, 9.17) is 5.11 Å². The smallest absolute Gasteiger partial charge is 0.264 e. The molecule has 0 radical (unpaired) electrons. The number of halogens is 3. The summed E-state index contributed by atoms with van der Waals surface area (Å²) in [6, 6.07) is 0. The molecule has 1 saturated carbocycles. The van der Waals surface area contributed by atoms with Crippen LogP contribution in [0.25, 0.3) is 0 Å². The normalized spacial score (nSPS) is 22.0. The summed E-state index contributed by atoms with van der Waals surface area (Å²) < 4.78 is 23.9. The van der Waals surface area contributed by atoms with E-state index in [1.54, 1.807) is 0 Å². The molecule has 1 rings (SSSR count). The first kappa shape index (κ1) is 12.1. The summed E-state index contributed by atoms with van der Waals surface area (Å²) in [4.78, 5) is 0. The molecular formula is C8H15ClF2O. The molecule has 1 atom stereocenters. The van der Waals surface area contributed by atoms with Crippen molar-refractivity contribution in [2.75, 3.05) is 0 Å². The van der Waals surface area contributed by atoms with E-state index in [1.807, 2.05) is 0 Å². The lowest BCUT2D eigenvalue weighted by atomic mass is 9.85. The molecule has 0 amide bonds. The van der Waals surface area contributed by atoms with Gasteiger partial charge in [-0.2, -0.15) is 0 Å². The minimum atomic E-state index is -2.56. The van der Waals surface area contributed by atoms with Crippen LogP contribution in [0.1, 0.15) is 32.1 Å². The average Bonchev–Trinajstić information content (AvgIpc) is 2.05. The van der Waals surface area contributed by atoms with Crippen LogP contribution in [0, 0.1) is 5.92 Å². The van der Waals surface area contributed by atoms with Gasteiger partial charge in [0.15, 0.2) is 0 Å². The molecule has 0 bridgehead atoms. The van der Waals surface area contributed by atoms with Gasteiger partial charge in [0, 0.05) is 0 Å². The van der Waals surface area contributed by atoms with E-state index in [1.165, 1.54) is 0 Å². The van der Waals surface area contributed by atoms with Crippen molar-refractivity contribution in [3.8, 4) is 0 Å². The predicted molar refractivity (Wildman–Crippen MR) is 45.8 cm³/mol.